The molecule has 3 fully saturated rings. The average Bonchev–Trinajstić information content (AvgIpc) is 3.00. The second kappa shape index (κ2) is 5.63. The molecule has 0 N–H and O–H groups in total. The van der Waals surface area contributed by atoms with Crippen molar-refractivity contribution in [2.75, 3.05) is 7.05 Å². The Balaban J connectivity index is 1.54. The summed E-state index contributed by atoms with van der Waals surface area (Å²) in [5, 5.41) is 0.169. The fraction of sp³-hybridized carbons (Fsp3) is 0.938. The molecule has 0 saturated heterocycles. The van der Waals surface area contributed by atoms with E-state index >= 15 is 0 Å². The minimum Gasteiger partial charge on any atom is -0.341 e. The van der Waals surface area contributed by atoms with E-state index < -0.39 is 0 Å². The number of halogens is 1. The molecule has 3 rings (SSSR count). The summed E-state index contributed by atoms with van der Waals surface area (Å²) in [4.78, 5) is 14.5. The number of carbonyl (C=O) groups excluding carboxylic acids is 1. The van der Waals surface area contributed by atoms with Crippen molar-refractivity contribution < 1.29 is 4.79 Å². The van der Waals surface area contributed by atoms with E-state index in [-0.39, 0.29) is 11.4 Å². The van der Waals surface area contributed by atoms with Crippen LogP contribution in [0.5, 0.6) is 0 Å². The summed E-state index contributed by atoms with van der Waals surface area (Å²) in [6.07, 6.45) is 10.9. The molecule has 0 aliphatic heterocycles. The molecular formula is C16H26ClNO. The predicted octanol–water partition coefficient (Wildman–Crippen LogP) is 3.82. The molecule has 0 aromatic heterocycles. The van der Waals surface area contributed by atoms with Crippen molar-refractivity contribution >= 4 is 17.5 Å². The van der Waals surface area contributed by atoms with Crippen LogP contribution in [0.3, 0.4) is 0 Å². The van der Waals surface area contributed by atoms with Crippen LogP contribution in [-0.2, 0) is 4.79 Å². The SMILES string of the molecule is CN(C(=O)CC1CC2CCC1C2)C1CCCCC1Cl. The maximum atomic E-state index is 12.5. The van der Waals surface area contributed by atoms with E-state index in [4.69, 9.17) is 11.6 Å². The molecule has 0 aromatic carbocycles. The fourth-order valence-electron chi connectivity index (χ4n) is 4.68. The van der Waals surface area contributed by atoms with Crippen LogP contribution in [0.25, 0.3) is 0 Å². The Hall–Kier alpha value is -0.240. The van der Waals surface area contributed by atoms with Crippen LogP contribution in [0.15, 0.2) is 0 Å². The van der Waals surface area contributed by atoms with Gasteiger partial charge in [0.2, 0.25) is 5.91 Å². The molecule has 5 unspecified atom stereocenters. The highest BCUT2D eigenvalue weighted by Gasteiger charge is 2.41. The molecule has 19 heavy (non-hydrogen) atoms. The monoisotopic (exact) mass is 283 g/mol. The summed E-state index contributed by atoms with van der Waals surface area (Å²) < 4.78 is 0. The Bertz CT molecular complexity index is 346. The maximum absolute atomic E-state index is 12.5. The molecule has 0 heterocycles. The van der Waals surface area contributed by atoms with Crippen LogP contribution in [0.1, 0.15) is 57.8 Å². The number of hydrogen-bond acceptors (Lipinski definition) is 1. The zero-order chi connectivity index (χ0) is 13.4. The molecule has 108 valence electrons. The molecule has 0 radical (unpaired) electrons. The van der Waals surface area contributed by atoms with Gasteiger partial charge in [0.1, 0.15) is 0 Å². The molecule has 3 saturated carbocycles. The summed E-state index contributed by atoms with van der Waals surface area (Å²) >= 11 is 6.41. The Kier molecular flexibility index (Phi) is 4.07. The lowest BCUT2D eigenvalue weighted by Crippen LogP contribution is -2.44. The van der Waals surface area contributed by atoms with Crippen molar-refractivity contribution in [1.82, 2.24) is 4.90 Å². The number of carbonyl (C=O) groups is 1. The number of fused-ring (bicyclic) bond motifs is 2. The number of alkyl halides is 1. The number of rotatable bonds is 3. The largest absolute Gasteiger partial charge is 0.341 e. The van der Waals surface area contributed by atoms with Crippen LogP contribution in [-0.4, -0.2) is 29.3 Å². The van der Waals surface area contributed by atoms with Crippen LogP contribution in [0.4, 0.5) is 0 Å². The van der Waals surface area contributed by atoms with Crippen molar-refractivity contribution in [3.05, 3.63) is 0 Å². The third-order valence-corrected chi connectivity index (χ3v) is 6.37. The van der Waals surface area contributed by atoms with E-state index in [1.165, 1.54) is 38.5 Å². The highest BCUT2D eigenvalue weighted by molar-refractivity contribution is 6.21. The molecule has 3 heteroatoms. The summed E-state index contributed by atoms with van der Waals surface area (Å²) in [7, 11) is 1.97. The van der Waals surface area contributed by atoms with Gasteiger partial charge in [0.25, 0.3) is 0 Å². The van der Waals surface area contributed by atoms with Gasteiger partial charge in [0.15, 0.2) is 0 Å². The summed E-state index contributed by atoms with van der Waals surface area (Å²) in [6, 6.07) is 0.279. The van der Waals surface area contributed by atoms with Gasteiger partial charge in [0.05, 0.1) is 5.38 Å². The van der Waals surface area contributed by atoms with Gasteiger partial charge in [-0.05, 0) is 49.9 Å². The van der Waals surface area contributed by atoms with Crippen LogP contribution in [0.2, 0.25) is 0 Å². The average molecular weight is 284 g/mol. The third-order valence-electron chi connectivity index (χ3n) is 5.86. The van der Waals surface area contributed by atoms with Crippen LogP contribution < -0.4 is 0 Å². The van der Waals surface area contributed by atoms with E-state index in [9.17, 15) is 4.79 Å². The predicted molar refractivity (Wildman–Crippen MR) is 78.2 cm³/mol. The molecule has 3 aliphatic rings. The molecular weight excluding hydrogens is 258 g/mol. The quantitative estimate of drug-likeness (QED) is 0.721. The van der Waals surface area contributed by atoms with Crippen molar-refractivity contribution in [2.45, 2.75) is 69.2 Å². The van der Waals surface area contributed by atoms with Gasteiger partial charge in [-0.25, -0.2) is 0 Å². The minimum absolute atomic E-state index is 0.169. The molecule has 0 spiro atoms. The highest BCUT2D eigenvalue weighted by atomic mass is 35.5. The van der Waals surface area contributed by atoms with E-state index in [0.29, 0.717) is 11.8 Å². The first-order valence-corrected chi connectivity index (χ1v) is 8.48. The minimum atomic E-state index is 0.169. The number of amides is 1. The van der Waals surface area contributed by atoms with Crippen molar-refractivity contribution in [3.63, 3.8) is 0 Å². The first-order chi connectivity index (χ1) is 9.15. The van der Waals surface area contributed by atoms with Gasteiger partial charge in [-0.15, -0.1) is 11.6 Å². The standard InChI is InChI=1S/C16H26ClNO/c1-18(15-5-3-2-4-14(15)17)16(19)10-13-9-11-6-7-12(13)8-11/h11-15H,2-10H2,1H3. The topological polar surface area (TPSA) is 20.3 Å². The summed E-state index contributed by atoms with van der Waals surface area (Å²) in [6.45, 7) is 0. The summed E-state index contributed by atoms with van der Waals surface area (Å²) in [5.74, 6) is 2.80. The molecule has 2 nitrogen and oxygen atoms in total. The third kappa shape index (κ3) is 2.79. The molecule has 5 atom stereocenters. The number of nitrogens with zero attached hydrogens (tertiary/aromatic N) is 1. The van der Waals surface area contributed by atoms with Gasteiger partial charge in [-0.1, -0.05) is 19.3 Å². The first kappa shape index (κ1) is 13.7. The Morgan fingerprint density at radius 2 is 1.95 bits per heavy atom. The number of hydrogen-bond donors (Lipinski definition) is 0. The van der Waals surface area contributed by atoms with Crippen LogP contribution in [0, 0.1) is 17.8 Å². The van der Waals surface area contributed by atoms with E-state index in [1.807, 2.05) is 11.9 Å². The van der Waals surface area contributed by atoms with Gasteiger partial charge < -0.3 is 4.90 Å². The molecule has 1 amide bonds. The van der Waals surface area contributed by atoms with E-state index in [0.717, 1.165) is 31.1 Å². The first-order valence-electron chi connectivity index (χ1n) is 8.05. The van der Waals surface area contributed by atoms with E-state index in [1.54, 1.807) is 0 Å². The Morgan fingerprint density at radius 1 is 1.16 bits per heavy atom. The second-order valence-corrected chi connectivity index (χ2v) is 7.57. The highest BCUT2D eigenvalue weighted by Crippen LogP contribution is 2.49. The second-order valence-electron chi connectivity index (χ2n) is 7.01. The molecule has 2 bridgehead atoms. The zero-order valence-corrected chi connectivity index (χ0v) is 12.7. The van der Waals surface area contributed by atoms with Crippen molar-refractivity contribution in [1.29, 1.82) is 0 Å². The fourth-order valence-corrected chi connectivity index (χ4v) is 5.13. The summed E-state index contributed by atoms with van der Waals surface area (Å²) in [5.41, 5.74) is 0. The van der Waals surface area contributed by atoms with Gasteiger partial charge in [0, 0.05) is 19.5 Å². The lowest BCUT2D eigenvalue weighted by atomic mass is 9.85. The van der Waals surface area contributed by atoms with E-state index in [2.05, 4.69) is 0 Å². The molecule has 0 aromatic rings. The zero-order valence-electron chi connectivity index (χ0n) is 12.0. The lowest BCUT2D eigenvalue weighted by molar-refractivity contribution is -0.133. The normalized spacial score (nSPS) is 41.5. The van der Waals surface area contributed by atoms with Gasteiger partial charge in [-0.3, -0.25) is 4.79 Å². The van der Waals surface area contributed by atoms with Crippen molar-refractivity contribution in [2.24, 2.45) is 17.8 Å². The Morgan fingerprint density at radius 3 is 2.58 bits per heavy atom. The van der Waals surface area contributed by atoms with Crippen molar-refractivity contribution in [3.8, 4) is 0 Å². The smallest absolute Gasteiger partial charge is 0.222 e. The van der Waals surface area contributed by atoms with Gasteiger partial charge in [-0.2, -0.15) is 0 Å². The Labute approximate surface area is 121 Å². The van der Waals surface area contributed by atoms with Crippen LogP contribution >= 0.6 is 11.6 Å². The van der Waals surface area contributed by atoms with Gasteiger partial charge >= 0.3 is 0 Å². The lowest BCUT2D eigenvalue weighted by Gasteiger charge is -2.36. The maximum Gasteiger partial charge on any atom is 0.222 e. The molecule has 3 aliphatic carbocycles.